The van der Waals surface area contributed by atoms with Crippen molar-refractivity contribution in [1.82, 2.24) is 25.1 Å². The molecule has 7 nitrogen and oxygen atoms in total. The number of benzene rings is 1. The zero-order valence-corrected chi connectivity index (χ0v) is 16.1. The van der Waals surface area contributed by atoms with E-state index in [0.29, 0.717) is 23.7 Å². The number of Topliss-reactive ketones (excluding diaryl/α,β-unsaturated/α-hetero) is 1. The first-order valence-electron chi connectivity index (χ1n) is 10.1. The first-order valence-corrected chi connectivity index (χ1v) is 10.1. The first kappa shape index (κ1) is 18.1. The fraction of sp³-hybridized carbons (Fsp3) is 0.364. The van der Waals surface area contributed by atoms with E-state index in [0.717, 1.165) is 36.5 Å². The van der Waals surface area contributed by atoms with Crippen LogP contribution in [-0.4, -0.2) is 45.2 Å². The van der Waals surface area contributed by atoms with E-state index in [9.17, 15) is 4.79 Å². The summed E-state index contributed by atoms with van der Waals surface area (Å²) in [5.74, 6) is 1.29. The third kappa shape index (κ3) is 4.11. The number of hydrogen-bond donors (Lipinski definition) is 1. The number of ether oxygens (including phenoxy) is 1. The lowest BCUT2D eigenvalue weighted by Gasteiger charge is -2.24. The maximum atomic E-state index is 12.7. The summed E-state index contributed by atoms with van der Waals surface area (Å²) in [6, 6.07) is 10.1. The molecule has 3 heterocycles. The van der Waals surface area contributed by atoms with Crippen LogP contribution in [0.1, 0.15) is 52.0 Å². The average molecular weight is 389 g/mol. The molecule has 3 aromatic rings. The highest BCUT2D eigenvalue weighted by Crippen LogP contribution is 2.39. The molecule has 1 aromatic carbocycles. The van der Waals surface area contributed by atoms with Gasteiger partial charge in [-0.2, -0.15) is 5.10 Å². The Bertz CT molecular complexity index is 1000. The molecule has 1 aliphatic carbocycles. The highest BCUT2D eigenvalue weighted by molar-refractivity contribution is 5.97. The van der Waals surface area contributed by atoms with Gasteiger partial charge < -0.3 is 10.1 Å². The third-order valence-electron chi connectivity index (χ3n) is 5.45. The van der Waals surface area contributed by atoms with Crippen molar-refractivity contribution in [1.29, 1.82) is 0 Å². The molecule has 1 saturated heterocycles. The van der Waals surface area contributed by atoms with Crippen molar-refractivity contribution in [3.8, 4) is 5.82 Å². The molecule has 0 amide bonds. The molecule has 148 valence electrons. The third-order valence-corrected chi connectivity index (χ3v) is 5.45. The van der Waals surface area contributed by atoms with Gasteiger partial charge in [-0.3, -0.25) is 4.79 Å². The molecule has 29 heavy (non-hydrogen) atoms. The van der Waals surface area contributed by atoms with Gasteiger partial charge >= 0.3 is 0 Å². The number of hydrogen-bond acceptors (Lipinski definition) is 6. The Hall–Kier alpha value is -2.90. The second-order valence-corrected chi connectivity index (χ2v) is 7.65. The molecule has 2 fully saturated rings. The van der Waals surface area contributed by atoms with E-state index in [2.05, 4.69) is 20.4 Å². The number of nitrogens with one attached hydrogen (secondary N) is 1. The number of carbonyl (C=O) groups is 1. The fourth-order valence-corrected chi connectivity index (χ4v) is 3.60. The molecule has 0 unspecified atom stereocenters. The number of nitrogens with zero attached hydrogens (tertiary/aromatic N) is 4. The summed E-state index contributed by atoms with van der Waals surface area (Å²) < 4.78 is 7.43. The van der Waals surface area contributed by atoms with Crippen LogP contribution < -0.4 is 5.32 Å². The maximum absolute atomic E-state index is 12.7. The summed E-state index contributed by atoms with van der Waals surface area (Å²) in [5, 5.41) is 7.66. The highest BCUT2D eigenvalue weighted by Gasteiger charge is 2.25. The van der Waals surface area contributed by atoms with Gasteiger partial charge in [0.15, 0.2) is 11.6 Å². The van der Waals surface area contributed by atoms with Crippen molar-refractivity contribution in [2.24, 2.45) is 0 Å². The lowest BCUT2D eigenvalue weighted by molar-refractivity contribution is 0.0277. The Morgan fingerprint density at radius 2 is 2.07 bits per heavy atom. The quantitative estimate of drug-likeness (QED) is 0.653. The molecular weight excluding hydrogens is 366 g/mol. The molecule has 0 bridgehead atoms. The number of aromatic nitrogens is 4. The zero-order valence-electron chi connectivity index (χ0n) is 16.1. The summed E-state index contributed by atoms with van der Waals surface area (Å²) in [5.41, 5.74) is 3.75. The second kappa shape index (κ2) is 7.85. The molecule has 1 atom stereocenters. The topological polar surface area (TPSA) is 81.9 Å². The van der Waals surface area contributed by atoms with Gasteiger partial charge in [0, 0.05) is 43.4 Å². The first-order chi connectivity index (χ1) is 14.3. The minimum atomic E-state index is 0.0380. The predicted octanol–water partition coefficient (Wildman–Crippen LogP) is 2.63. The van der Waals surface area contributed by atoms with Crippen molar-refractivity contribution in [3.63, 3.8) is 0 Å². The van der Waals surface area contributed by atoms with Gasteiger partial charge in [-0.05, 0) is 24.0 Å². The Kier molecular flexibility index (Phi) is 4.91. The molecule has 5 rings (SSSR count). The fourth-order valence-electron chi connectivity index (χ4n) is 3.60. The minimum absolute atomic E-state index is 0.0380. The van der Waals surface area contributed by atoms with Gasteiger partial charge in [0.1, 0.15) is 6.33 Å². The van der Waals surface area contributed by atoms with Gasteiger partial charge in [0.2, 0.25) is 0 Å². The van der Waals surface area contributed by atoms with Gasteiger partial charge in [-0.1, -0.05) is 24.3 Å². The SMILES string of the molecule is O=C(Cc1ccc([C@H]2CNCCO2)cc1)c1cnn(-c2cc(C3CC3)ncn2)c1. The predicted molar refractivity (Wildman–Crippen MR) is 107 cm³/mol. The molecular formula is C22H23N5O2. The molecule has 1 saturated carbocycles. The number of carbonyl (C=O) groups excluding carboxylic acids is 1. The van der Waals surface area contributed by atoms with Crippen molar-refractivity contribution < 1.29 is 9.53 Å². The number of morpholine rings is 1. The molecule has 0 spiro atoms. The van der Waals surface area contributed by atoms with Gasteiger partial charge in [-0.15, -0.1) is 0 Å². The summed E-state index contributed by atoms with van der Waals surface area (Å²) in [7, 11) is 0. The van der Waals surface area contributed by atoms with E-state index in [-0.39, 0.29) is 11.9 Å². The van der Waals surface area contributed by atoms with Crippen molar-refractivity contribution in [2.45, 2.75) is 31.3 Å². The van der Waals surface area contributed by atoms with Crippen molar-refractivity contribution in [2.75, 3.05) is 19.7 Å². The molecule has 1 N–H and O–H groups in total. The van der Waals surface area contributed by atoms with E-state index < -0.39 is 0 Å². The number of rotatable bonds is 6. The van der Waals surface area contributed by atoms with Crippen LogP contribution in [0.4, 0.5) is 0 Å². The Morgan fingerprint density at radius 3 is 2.83 bits per heavy atom. The smallest absolute Gasteiger partial charge is 0.170 e. The maximum Gasteiger partial charge on any atom is 0.170 e. The largest absolute Gasteiger partial charge is 0.371 e. The van der Waals surface area contributed by atoms with Gasteiger partial charge in [0.25, 0.3) is 0 Å². The van der Waals surface area contributed by atoms with Gasteiger partial charge in [0.05, 0.1) is 24.5 Å². The van der Waals surface area contributed by atoms with Crippen LogP contribution >= 0.6 is 0 Å². The lowest BCUT2D eigenvalue weighted by Crippen LogP contribution is -2.33. The average Bonchev–Trinajstić information content (AvgIpc) is 3.51. The number of ketones is 1. The normalized spacial score (nSPS) is 19.2. The summed E-state index contributed by atoms with van der Waals surface area (Å²) in [6.07, 6.45) is 7.71. The van der Waals surface area contributed by atoms with Crippen molar-refractivity contribution >= 4 is 5.78 Å². The molecule has 7 heteroatoms. The van der Waals surface area contributed by atoms with Crippen LogP contribution in [0.2, 0.25) is 0 Å². The molecule has 2 aliphatic rings. The summed E-state index contributed by atoms with van der Waals surface area (Å²) >= 11 is 0. The van der Waals surface area contributed by atoms with Crippen LogP contribution in [0, 0.1) is 0 Å². The second-order valence-electron chi connectivity index (χ2n) is 7.65. The van der Waals surface area contributed by atoms with Crippen molar-refractivity contribution in [3.05, 3.63) is 71.4 Å². The van der Waals surface area contributed by atoms with Crippen LogP contribution in [-0.2, 0) is 11.2 Å². The zero-order chi connectivity index (χ0) is 19.6. The summed E-state index contributed by atoms with van der Waals surface area (Å²) in [4.78, 5) is 21.3. The Labute approximate surface area is 169 Å². The van der Waals surface area contributed by atoms with Crippen LogP contribution in [0.25, 0.3) is 5.82 Å². The molecule has 0 radical (unpaired) electrons. The standard InChI is InChI=1S/C22H23N5O2/c28-20(9-15-1-3-17(4-2-15)21-12-23-7-8-29-21)18-11-26-27(13-18)22-10-19(16-5-6-16)24-14-25-22/h1-4,10-11,13-14,16,21,23H,5-9,12H2/t21-/m1/s1. The summed E-state index contributed by atoms with van der Waals surface area (Å²) in [6.45, 7) is 2.44. The molecule has 1 aliphatic heterocycles. The van der Waals surface area contributed by atoms with E-state index in [1.54, 1.807) is 23.4 Å². The van der Waals surface area contributed by atoms with Crippen LogP contribution in [0.15, 0.2) is 49.1 Å². The van der Waals surface area contributed by atoms with Crippen LogP contribution in [0.3, 0.4) is 0 Å². The Balaban J connectivity index is 1.26. The minimum Gasteiger partial charge on any atom is -0.371 e. The Morgan fingerprint density at radius 1 is 1.21 bits per heavy atom. The monoisotopic (exact) mass is 389 g/mol. The van der Waals surface area contributed by atoms with E-state index in [4.69, 9.17) is 4.74 Å². The van der Waals surface area contributed by atoms with Gasteiger partial charge in [-0.25, -0.2) is 14.6 Å². The van der Waals surface area contributed by atoms with E-state index in [1.807, 2.05) is 30.3 Å². The van der Waals surface area contributed by atoms with Crippen LogP contribution in [0.5, 0.6) is 0 Å². The van der Waals surface area contributed by atoms with E-state index >= 15 is 0 Å². The molecule has 2 aromatic heterocycles. The highest BCUT2D eigenvalue weighted by atomic mass is 16.5. The lowest BCUT2D eigenvalue weighted by atomic mass is 10.0. The van der Waals surface area contributed by atoms with E-state index in [1.165, 1.54) is 12.8 Å².